The maximum atomic E-state index is 13.4. The van der Waals surface area contributed by atoms with Crippen LogP contribution in [0.1, 0.15) is 16.7 Å². The van der Waals surface area contributed by atoms with Gasteiger partial charge in [0.05, 0.1) is 32.6 Å². The van der Waals surface area contributed by atoms with E-state index in [4.69, 9.17) is 27.9 Å². The number of hydrogen-bond donors (Lipinski definition) is 0. The zero-order chi connectivity index (χ0) is 30.0. The Kier molecular flexibility index (Phi) is 7.97. The Morgan fingerprint density at radius 3 is 2.45 bits per heavy atom. The Bertz CT molecular complexity index is 1930. The monoisotopic (exact) mass is 612 g/mol. The van der Waals surface area contributed by atoms with Crippen LogP contribution in [0.3, 0.4) is 0 Å². The summed E-state index contributed by atoms with van der Waals surface area (Å²) in [7, 11) is 0. The van der Waals surface area contributed by atoms with Crippen LogP contribution in [-0.4, -0.2) is 20.8 Å². The van der Waals surface area contributed by atoms with Crippen molar-refractivity contribution in [2.24, 2.45) is 5.10 Å². The topological polar surface area (TPSA) is 99.6 Å². The van der Waals surface area contributed by atoms with Crippen LogP contribution in [-0.2, 0) is 12.8 Å². The lowest BCUT2D eigenvalue weighted by Gasteiger charge is -2.12. The summed E-state index contributed by atoms with van der Waals surface area (Å²) in [4.78, 5) is 29.0. The molecule has 0 atom stereocenters. The van der Waals surface area contributed by atoms with Gasteiger partial charge in [0.1, 0.15) is 6.61 Å². The van der Waals surface area contributed by atoms with Crippen LogP contribution in [0.25, 0.3) is 22.3 Å². The number of aromatic nitrogens is 2. The summed E-state index contributed by atoms with van der Waals surface area (Å²) in [6.45, 7) is -0.0911. The first-order chi connectivity index (χ1) is 20.0. The summed E-state index contributed by atoms with van der Waals surface area (Å²) >= 11 is 12.5. The zero-order valence-electron chi connectivity index (χ0n) is 21.2. The molecule has 0 aliphatic carbocycles. The van der Waals surface area contributed by atoms with Crippen LogP contribution in [0, 0.1) is 10.1 Å². The van der Waals surface area contributed by atoms with Crippen LogP contribution >= 0.6 is 23.2 Å². The van der Waals surface area contributed by atoms with Gasteiger partial charge < -0.3 is 4.74 Å². The van der Waals surface area contributed by atoms with E-state index in [1.54, 1.807) is 42.5 Å². The molecular formula is C29H17Cl2F3N4O4. The molecule has 0 aliphatic heterocycles. The zero-order valence-corrected chi connectivity index (χ0v) is 22.7. The number of benzene rings is 4. The van der Waals surface area contributed by atoms with E-state index in [9.17, 15) is 28.1 Å². The van der Waals surface area contributed by atoms with Crippen molar-refractivity contribution >= 4 is 46.0 Å². The summed E-state index contributed by atoms with van der Waals surface area (Å²) in [5.74, 6) is -0.366. The Morgan fingerprint density at radius 1 is 0.976 bits per heavy atom. The molecule has 0 fully saturated rings. The smallest absolute Gasteiger partial charge is 0.416 e. The molecule has 0 saturated heterocycles. The third kappa shape index (κ3) is 5.97. The molecule has 0 spiro atoms. The lowest BCUT2D eigenvalue weighted by molar-refractivity contribution is -0.385. The van der Waals surface area contributed by atoms with Crippen molar-refractivity contribution in [1.29, 1.82) is 0 Å². The number of fused-ring (bicyclic) bond motifs is 1. The van der Waals surface area contributed by atoms with Crippen LogP contribution in [0.4, 0.5) is 18.9 Å². The number of alkyl halides is 3. The molecule has 5 rings (SSSR count). The largest absolute Gasteiger partial charge is 0.481 e. The standard InChI is InChI=1S/C29H17Cl2F3N4O4/c30-22-10-3-1-6-19(22)16-42-26-23(31)12-17(13-25(26)38(40)41)15-35-37-27(18-7-5-8-20(14-18)29(32,33)34)36-24-11-4-2-9-21(24)28(37)39/h1-15H,16H2. The fourth-order valence-corrected chi connectivity index (χ4v) is 4.56. The number of ether oxygens (including phenoxy) is 1. The van der Waals surface area contributed by atoms with Gasteiger partial charge in [0, 0.05) is 27.8 Å². The van der Waals surface area contributed by atoms with Crippen molar-refractivity contribution in [3.8, 4) is 17.1 Å². The molecule has 0 saturated carbocycles. The first-order valence-corrected chi connectivity index (χ1v) is 12.9. The molecule has 212 valence electrons. The summed E-state index contributed by atoms with van der Waals surface area (Å²) < 4.78 is 46.8. The summed E-state index contributed by atoms with van der Waals surface area (Å²) in [6.07, 6.45) is -3.52. The lowest BCUT2D eigenvalue weighted by atomic mass is 10.1. The average molecular weight is 613 g/mol. The Balaban J connectivity index is 1.58. The molecule has 13 heteroatoms. The second-order valence-electron chi connectivity index (χ2n) is 8.88. The second-order valence-corrected chi connectivity index (χ2v) is 9.70. The van der Waals surface area contributed by atoms with Crippen LogP contribution < -0.4 is 10.3 Å². The molecule has 0 aliphatic rings. The van der Waals surface area contributed by atoms with Crippen molar-refractivity contribution in [3.63, 3.8) is 0 Å². The third-order valence-corrected chi connectivity index (χ3v) is 6.75. The van der Waals surface area contributed by atoms with E-state index in [1.807, 2.05) is 0 Å². The van der Waals surface area contributed by atoms with Crippen LogP contribution in [0.15, 0.2) is 94.8 Å². The van der Waals surface area contributed by atoms with E-state index in [1.165, 1.54) is 24.3 Å². The minimum atomic E-state index is -4.63. The fourth-order valence-electron chi connectivity index (χ4n) is 4.09. The van der Waals surface area contributed by atoms with Gasteiger partial charge in [0.2, 0.25) is 5.75 Å². The molecule has 0 unspecified atom stereocenters. The predicted molar refractivity (Wildman–Crippen MR) is 153 cm³/mol. The highest BCUT2D eigenvalue weighted by Gasteiger charge is 2.31. The first kappa shape index (κ1) is 28.8. The number of nitro groups is 1. The van der Waals surface area contributed by atoms with E-state index in [-0.39, 0.29) is 45.2 Å². The molecule has 8 nitrogen and oxygen atoms in total. The number of nitrogens with zero attached hydrogens (tertiary/aromatic N) is 4. The summed E-state index contributed by atoms with van der Waals surface area (Å²) in [5.41, 5.74) is -1.14. The SMILES string of the molecule is O=c1c2ccccc2nc(-c2cccc(C(F)(F)F)c2)n1N=Cc1cc(Cl)c(OCc2ccccc2Cl)c([N+](=O)[O-])c1. The number of hydrogen-bond acceptors (Lipinski definition) is 6. The first-order valence-electron chi connectivity index (χ1n) is 12.1. The van der Waals surface area contributed by atoms with Gasteiger partial charge in [-0.3, -0.25) is 14.9 Å². The van der Waals surface area contributed by atoms with E-state index < -0.39 is 27.9 Å². The molecule has 1 aromatic heterocycles. The molecule has 42 heavy (non-hydrogen) atoms. The van der Waals surface area contributed by atoms with E-state index in [2.05, 4.69) is 10.1 Å². The fraction of sp³-hybridized carbons (Fsp3) is 0.0690. The summed E-state index contributed by atoms with van der Waals surface area (Å²) in [5, 5.41) is 16.5. The van der Waals surface area contributed by atoms with Crippen molar-refractivity contribution in [2.45, 2.75) is 12.8 Å². The Labute approximate surface area is 245 Å². The Morgan fingerprint density at radius 2 is 1.71 bits per heavy atom. The normalized spacial score (nSPS) is 11.7. The maximum Gasteiger partial charge on any atom is 0.416 e. The highest BCUT2D eigenvalue weighted by atomic mass is 35.5. The minimum Gasteiger partial charge on any atom is -0.481 e. The maximum absolute atomic E-state index is 13.4. The van der Waals surface area contributed by atoms with Gasteiger partial charge in [0.25, 0.3) is 5.56 Å². The third-order valence-electron chi connectivity index (χ3n) is 6.10. The van der Waals surface area contributed by atoms with E-state index >= 15 is 0 Å². The van der Waals surface area contributed by atoms with Gasteiger partial charge in [-0.15, -0.1) is 0 Å². The van der Waals surface area contributed by atoms with Gasteiger partial charge >= 0.3 is 11.9 Å². The van der Waals surface area contributed by atoms with Gasteiger partial charge in [-0.05, 0) is 36.4 Å². The predicted octanol–water partition coefficient (Wildman–Crippen LogP) is 7.76. The van der Waals surface area contributed by atoms with Crippen molar-refractivity contribution in [1.82, 2.24) is 9.66 Å². The number of halogens is 5. The Hall–Kier alpha value is -4.74. The van der Waals surface area contributed by atoms with Crippen LogP contribution in [0.2, 0.25) is 10.0 Å². The van der Waals surface area contributed by atoms with E-state index in [0.717, 1.165) is 29.1 Å². The number of nitro benzene ring substituents is 1. The second kappa shape index (κ2) is 11.6. The average Bonchev–Trinajstić information content (AvgIpc) is 2.96. The van der Waals surface area contributed by atoms with Crippen LogP contribution in [0.5, 0.6) is 5.75 Å². The molecule has 0 amide bonds. The highest BCUT2D eigenvalue weighted by molar-refractivity contribution is 6.32. The van der Waals surface area contributed by atoms with Gasteiger partial charge in [-0.25, -0.2) is 4.98 Å². The minimum absolute atomic E-state index is 0.0165. The molecular weight excluding hydrogens is 596 g/mol. The van der Waals surface area contributed by atoms with Gasteiger partial charge in [0.15, 0.2) is 5.82 Å². The number of rotatable bonds is 7. The molecule has 0 radical (unpaired) electrons. The lowest BCUT2D eigenvalue weighted by Crippen LogP contribution is -2.20. The van der Waals surface area contributed by atoms with Crippen molar-refractivity contribution in [2.75, 3.05) is 0 Å². The molecule has 1 heterocycles. The summed E-state index contributed by atoms with van der Waals surface area (Å²) in [6, 6.07) is 19.9. The van der Waals surface area contributed by atoms with E-state index in [0.29, 0.717) is 10.6 Å². The van der Waals surface area contributed by atoms with Crippen molar-refractivity contribution < 1.29 is 22.8 Å². The van der Waals surface area contributed by atoms with Crippen molar-refractivity contribution in [3.05, 3.63) is 132 Å². The number of para-hydroxylation sites is 1. The highest BCUT2D eigenvalue weighted by Crippen LogP contribution is 2.37. The molecule has 4 aromatic carbocycles. The van der Waals surface area contributed by atoms with Gasteiger partial charge in [-0.1, -0.05) is 65.7 Å². The van der Waals surface area contributed by atoms with Gasteiger partial charge in [-0.2, -0.15) is 22.9 Å². The quantitative estimate of drug-likeness (QED) is 0.106. The molecule has 0 N–H and O–H groups in total. The molecule has 5 aromatic rings. The molecule has 0 bridgehead atoms.